The number of carbonyl (C=O) groups excluding carboxylic acids is 3. The van der Waals surface area contributed by atoms with Crippen molar-refractivity contribution in [2.75, 3.05) is 12.0 Å². The number of ether oxygens (including phenoxy) is 1. The van der Waals surface area contributed by atoms with Gasteiger partial charge in [0.05, 0.1) is 35.6 Å². The van der Waals surface area contributed by atoms with Crippen molar-refractivity contribution in [3.05, 3.63) is 76.4 Å². The van der Waals surface area contributed by atoms with Crippen LogP contribution in [0.2, 0.25) is 0 Å². The highest BCUT2D eigenvalue weighted by Gasteiger charge is 2.64. The molecular weight excluding hydrogens is 428 g/mol. The highest BCUT2D eigenvalue weighted by molar-refractivity contribution is 6.24. The van der Waals surface area contributed by atoms with Gasteiger partial charge in [0.1, 0.15) is 11.8 Å². The van der Waals surface area contributed by atoms with Crippen LogP contribution < -0.4 is 9.64 Å². The van der Waals surface area contributed by atoms with E-state index in [9.17, 15) is 24.5 Å². The second-order valence-electron chi connectivity index (χ2n) is 7.89. The van der Waals surface area contributed by atoms with E-state index in [1.54, 1.807) is 36.4 Å². The van der Waals surface area contributed by atoms with Gasteiger partial charge in [-0.2, -0.15) is 5.10 Å². The molecule has 3 aliphatic rings. The minimum atomic E-state index is -0.964. The SMILES string of the molecule is COc1ccc(C(=O)[C@H]2[C@H]3C(=O)N(c4ccc([N+](=O)[O-])cc4)C(=O)[C@@H]3[C@H]3C=CC=NN32)cc1. The lowest BCUT2D eigenvalue weighted by Gasteiger charge is -2.30. The first-order chi connectivity index (χ1) is 15.9. The fourth-order valence-electron chi connectivity index (χ4n) is 4.74. The summed E-state index contributed by atoms with van der Waals surface area (Å²) < 4.78 is 5.15. The number of imide groups is 1. The molecule has 0 bridgehead atoms. The van der Waals surface area contributed by atoms with Crippen molar-refractivity contribution in [2.24, 2.45) is 16.9 Å². The van der Waals surface area contributed by atoms with E-state index in [-0.39, 0.29) is 17.2 Å². The molecule has 0 saturated carbocycles. The molecule has 166 valence electrons. The maximum Gasteiger partial charge on any atom is 0.269 e. The van der Waals surface area contributed by atoms with Crippen molar-refractivity contribution in [3.8, 4) is 5.75 Å². The smallest absolute Gasteiger partial charge is 0.269 e. The minimum absolute atomic E-state index is 0.152. The Bertz CT molecular complexity index is 1220. The zero-order chi connectivity index (χ0) is 23.3. The molecule has 0 spiro atoms. The molecule has 0 aliphatic carbocycles. The van der Waals surface area contributed by atoms with Gasteiger partial charge < -0.3 is 4.74 Å². The number of hydrogen-bond acceptors (Lipinski definition) is 8. The van der Waals surface area contributed by atoms with Crippen molar-refractivity contribution in [1.29, 1.82) is 0 Å². The summed E-state index contributed by atoms with van der Waals surface area (Å²) in [5, 5.41) is 16.8. The second kappa shape index (κ2) is 7.66. The fourth-order valence-corrected chi connectivity index (χ4v) is 4.74. The summed E-state index contributed by atoms with van der Waals surface area (Å²) in [6.45, 7) is 0. The molecule has 2 fully saturated rings. The largest absolute Gasteiger partial charge is 0.497 e. The molecule has 33 heavy (non-hydrogen) atoms. The average molecular weight is 446 g/mol. The van der Waals surface area contributed by atoms with Crippen LogP contribution in [0.3, 0.4) is 0 Å². The second-order valence-corrected chi connectivity index (χ2v) is 7.89. The van der Waals surface area contributed by atoms with E-state index < -0.39 is 40.7 Å². The average Bonchev–Trinajstić information content (AvgIpc) is 3.31. The summed E-state index contributed by atoms with van der Waals surface area (Å²) in [6, 6.07) is 10.2. The zero-order valence-electron chi connectivity index (χ0n) is 17.4. The van der Waals surface area contributed by atoms with Gasteiger partial charge in [-0.1, -0.05) is 6.08 Å². The number of nitro groups is 1. The van der Waals surface area contributed by atoms with E-state index in [1.807, 2.05) is 0 Å². The molecule has 5 rings (SSSR count). The third kappa shape index (κ3) is 3.10. The van der Waals surface area contributed by atoms with Crippen LogP contribution in [0.4, 0.5) is 11.4 Å². The number of carbonyl (C=O) groups is 3. The first kappa shape index (κ1) is 20.6. The molecule has 0 radical (unpaired) electrons. The number of hydrazone groups is 1. The van der Waals surface area contributed by atoms with Crippen molar-refractivity contribution in [3.63, 3.8) is 0 Å². The van der Waals surface area contributed by atoms with Gasteiger partial charge in [-0.05, 0) is 42.5 Å². The molecule has 10 heteroatoms. The Morgan fingerprint density at radius 2 is 1.70 bits per heavy atom. The number of anilines is 1. The van der Waals surface area contributed by atoms with Crippen LogP contribution in [-0.4, -0.2) is 52.9 Å². The summed E-state index contributed by atoms with van der Waals surface area (Å²) in [5.74, 6) is -2.46. The standard InChI is InChI=1S/C23H18N4O6/c1-33-16-10-4-13(5-11-16)21(28)20-19-18(17-3-2-12-24-26(17)20)22(29)25(23(19)30)14-6-8-15(9-7-14)27(31)32/h2-12,17-20H,1H3/t17-,18-,19+,20-/m1/s1. The van der Waals surface area contributed by atoms with E-state index in [4.69, 9.17) is 4.74 Å². The Morgan fingerprint density at radius 1 is 1.03 bits per heavy atom. The summed E-state index contributed by atoms with van der Waals surface area (Å²) in [7, 11) is 1.52. The number of hydrogen-bond donors (Lipinski definition) is 0. The fraction of sp³-hybridized carbons (Fsp3) is 0.217. The van der Waals surface area contributed by atoms with Gasteiger partial charge in [-0.15, -0.1) is 0 Å². The number of methoxy groups -OCH3 is 1. The minimum Gasteiger partial charge on any atom is -0.497 e. The van der Waals surface area contributed by atoms with Crippen LogP contribution in [-0.2, 0) is 9.59 Å². The summed E-state index contributed by atoms with van der Waals surface area (Å²) in [4.78, 5) is 51.8. The summed E-state index contributed by atoms with van der Waals surface area (Å²) in [6.07, 6.45) is 4.97. The maximum absolute atomic E-state index is 13.5. The quantitative estimate of drug-likeness (QED) is 0.299. The molecule has 0 aromatic heterocycles. The molecule has 2 aromatic rings. The number of amides is 2. The topological polar surface area (TPSA) is 122 Å². The van der Waals surface area contributed by atoms with Gasteiger partial charge in [0.25, 0.3) is 5.69 Å². The highest BCUT2D eigenvalue weighted by atomic mass is 16.6. The van der Waals surface area contributed by atoms with E-state index >= 15 is 0 Å². The monoisotopic (exact) mass is 446 g/mol. The van der Waals surface area contributed by atoms with Gasteiger partial charge in [0.2, 0.25) is 11.8 Å². The number of allylic oxidation sites excluding steroid dienone is 1. The molecule has 0 N–H and O–H groups in total. The summed E-state index contributed by atoms with van der Waals surface area (Å²) in [5.41, 5.74) is 0.454. The lowest BCUT2D eigenvalue weighted by atomic mass is 9.86. The lowest BCUT2D eigenvalue weighted by Crippen LogP contribution is -2.46. The molecular formula is C23H18N4O6. The number of benzene rings is 2. The lowest BCUT2D eigenvalue weighted by molar-refractivity contribution is -0.384. The van der Waals surface area contributed by atoms with Crippen molar-refractivity contribution in [1.82, 2.24) is 5.01 Å². The maximum atomic E-state index is 13.5. The Balaban J connectivity index is 1.53. The first-order valence-corrected chi connectivity index (χ1v) is 10.2. The van der Waals surface area contributed by atoms with Crippen LogP contribution >= 0.6 is 0 Å². The molecule has 3 heterocycles. The third-order valence-electron chi connectivity index (χ3n) is 6.25. The molecule has 2 amide bonds. The molecule has 3 aliphatic heterocycles. The van der Waals surface area contributed by atoms with Crippen LogP contribution in [0.1, 0.15) is 10.4 Å². The predicted octanol–water partition coefficient (Wildman–Crippen LogP) is 2.20. The summed E-state index contributed by atoms with van der Waals surface area (Å²) >= 11 is 0. The molecule has 2 aromatic carbocycles. The predicted molar refractivity (Wildman–Crippen MR) is 117 cm³/mol. The highest BCUT2D eigenvalue weighted by Crippen LogP contribution is 2.46. The Labute approximate surface area is 187 Å². The molecule has 4 atom stereocenters. The number of nitrogens with zero attached hydrogens (tertiary/aromatic N) is 4. The van der Waals surface area contributed by atoms with Gasteiger partial charge in [-0.25, -0.2) is 4.90 Å². The molecule has 0 unspecified atom stereocenters. The van der Waals surface area contributed by atoms with Gasteiger partial charge in [0, 0.05) is 23.9 Å². The van der Waals surface area contributed by atoms with E-state index in [2.05, 4.69) is 5.10 Å². The zero-order valence-corrected chi connectivity index (χ0v) is 17.4. The van der Waals surface area contributed by atoms with Crippen LogP contribution in [0, 0.1) is 22.0 Å². The number of rotatable bonds is 5. The number of ketones is 1. The number of non-ortho nitro benzene ring substituents is 1. The molecule has 2 saturated heterocycles. The first-order valence-electron chi connectivity index (χ1n) is 10.2. The van der Waals surface area contributed by atoms with E-state index in [0.717, 1.165) is 4.90 Å². The van der Waals surface area contributed by atoms with Crippen molar-refractivity contribution < 1.29 is 24.0 Å². The Hall–Kier alpha value is -4.34. The number of Topliss-reactive ketones (excluding diaryl/α,β-unsaturated/α-hetero) is 1. The van der Waals surface area contributed by atoms with Crippen molar-refractivity contribution >= 4 is 35.2 Å². The van der Waals surface area contributed by atoms with Crippen LogP contribution in [0.15, 0.2) is 65.8 Å². The Kier molecular flexibility index (Phi) is 4.77. The number of fused-ring (bicyclic) bond motifs is 3. The van der Waals surface area contributed by atoms with Crippen LogP contribution in [0.25, 0.3) is 0 Å². The molecule has 10 nitrogen and oxygen atoms in total. The van der Waals surface area contributed by atoms with E-state index in [0.29, 0.717) is 11.3 Å². The number of nitro benzene ring substituents is 1. The van der Waals surface area contributed by atoms with Gasteiger partial charge in [0.15, 0.2) is 5.78 Å². The van der Waals surface area contributed by atoms with E-state index in [1.165, 1.54) is 42.6 Å². The normalized spacial score (nSPS) is 25.2. The Morgan fingerprint density at radius 3 is 2.33 bits per heavy atom. The van der Waals surface area contributed by atoms with Gasteiger partial charge in [-0.3, -0.25) is 29.5 Å². The van der Waals surface area contributed by atoms with Gasteiger partial charge >= 0.3 is 0 Å². The van der Waals surface area contributed by atoms with Crippen LogP contribution in [0.5, 0.6) is 5.75 Å². The van der Waals surface area contributed by atoms with Crippen molar-refractivity contribution in [2.45, 2.75) is 12.1 Å². The third-order valence-corrected chi connectivity index (χ3v) is 6.25.